The molecular formula is C17H24O3. The van der Waals surface area contributed by atoms with E-state index in [9.17, 15) is 14.4 Å². The third-order valence-corrected chi connectivity index (χ3v) is 5.67. The predicted octanol–water partition coefficient (Wildman–Crippen LogP) is 3.10. The topological polar surface area (TPSA) is 51.2 Å². The molecule has 3 heteroatoms. The van der Waals surface area contributed by atoms with Crippen molar-refractivity contribution in [3.8, 4) is 0 Å². The van der Waals surface area contributed by atoms with Gasteiger partial charge in [-0.1, -0.05) is 0 Å². The Labute approximate surface area is 120 Å². The first-order valence-electron chi connectivity index (χ1n) is 8.24. The van der Waals surface area contributed by atoms with Crippen LogP contribution >= 0.6 is 0 Å². The van der Waals surface area contributed by atoms with Crippen molar-refractivity contribution in [2.75, 3.05) is 0 Å². The molecule has 0 aromatic carbocycles. The van der Waals surface area contributed by atoms with Crippen molar-refractivity contribution in [3.05, 3.63) is 0 Å². The van der Waals surface area contributed by atoms with Crippen molar-refractivity contribution >= 4 is 17.3 Å². The highest BCUT2D eigenvalue weighted by Gasteiger charge is 2.39. The minimum absolute atomic E-state index is 0.101. The second-order valence-electron chi connectivity index (χ2n) is 6.96. The van der Waals surface area contributed by atoms with Gasteiger partial charge in [-0.25, -0.2) is 0 Å². The summed E-state index contributed by atoms with van der Waals surface area (Å²) in [6.45, 7) is 0. The Bertz CT molecular complexity index is 388. The summed E-state index contributed by atoms with van der Waals surface area (Å²) >= 11 is 0. The van der Waals surface area contributed by atoms with E-state index in [2.05, 4.69) is 0 Å². The van der Waals surface area contributed by atoms with Crippen molar-refractivity contribution in [1.29, 1.82) is 0 Å². The van der Waals surface area contributed by atoms with Crippen LogP contribution in [0.2, 0.25) is 0 Å². The van der Waals surface area contributed by atoms with Crippen LogP contribution in [0.3, 0.4) is 0 Å². The normalized spacial score (nSPS) is 38.1. The Morgan fingerprint density at radius 2 is 1.10 bits per heavy atom. The van der Waals surface area contributed by atoms with Gasteiger partial charge in [0, 0.05) is 36.5 Å². The Morgan fingerprint density at radius 1 is 0.650 bits per heavy atom. The number of hydrogen-bond acceptors (Lipinski definition) is 3. The quantitative estimate of drug-likeness (QED) is 0.792. The van der Waals surface area contributed by atoms with E-state index in [1.807, 2.05) is 0 Å². The van der Waals surface area contributed by atoms with Crippen LogP contribution in [0, 0.1) is 23.7 Å². The molecule has 0 saturated heterocycles. The van der Waals surface area contributed by atoms with Crippen molar-refractivity contribution in [3.63, 3.8) is 0 Å². The van der Waals surface area contributed by atoms with Gasteiger partial charge in [-0.3, -0.25) is 14.4 Å². The minimum Gasteiger partial charge on any atom is -0.299 e. The second kappa shape index (κ2) is 5.79. The lowest BCUT2D eigenvalue weighted by Crippen LogP contribution is -2.21. The molecule has 20 heavy (non-hydrogen) atoms. The molecule has 3 saturated carbocycles. The number of Topliss-reactive ketones (excluding diaryl/α,β-unsaturated/α-hetero) is 3. The van der Waals surface area contributed by atoms with Crippen LogP contribution in [0.15, 0.2) is 0 Å². The zero-order valence-electron chi connectivity index (χ0n) is 12.1. The maximum absolute atomic E-state index is 12.5. The lowest BCUT2D eigenvalue weighted by Gasteiger charge is -2.16. The Kier molecular flexibility index (Phi) is 4.04. The SMILES string of the molecule is O=C1CCCC1CC1CCC(CC2CCCC2=O)C1=O. The molecule has 0 aromatic heterocycles. The van der Waals surface area contributed by atoms with Gasteiger partial charge >= 0.3 is 0 Å². The molecule has 0 bridgehead atoms. The van der Waals surface area contributed by atoms with Crippen LogP contribution in [-0.4, -0.2) is 17.3 Å². The van der Waals surface area contributed by atoms with E-state index in [-0.39, 0.29) is 23.7 Å². The third kappa shape index (κ3) is 2.72. The van der Waals surface area contributed by atoms with Crippen molar-refractivity contribution in [2.24, 2.45) is 23.7 Å². The molecule has 4 atom stereocenters. The molecule has 3 aliphatic rings. The molecule has 0 heterocycles. The molecule has 0 amide bonds. The summed E-state index contributed by atoms with van der Waals surface area (Å²) in [6.07, 6.45) is 8.84. The van der Waals surface area contributed by atoms with E-state index in [1.165, 1.54) is 0 Å². The van der Waals surface area contributed by atoms with Crippen LogP contribution < -0.4 is 0 Å². The van der Waals surface area contributed by atoms with Gasteiger partial charge in [-0.15, -0.1) is 0 Å². The van der Waals surface area contributed by atoms with Gasteiger partial charge in [0.1, 0.15) is 17.3 Å². The minimum atomic E-state index is 0.101. The maximum atomic E-state index is 12.5. The molecule has 3 rings (SSSR count). The fourth-order valence-corrected chi connectivity index (χ4v) is 4.45. The Hall–Kier alpha value is -0.990. The summed E-state index contributed by atoms with van der Waals surface area (Å²) in [5.74, 6) is 1.59. The Balaban J connectivity index is 1.54. The summed E-state index contributed by atoms with van der Waals surface area (Å²) in [5, 5.41) is 0. The average Bonchev–Trinajstić information content (AvgIpc) is 3.09. The summed E-state index contributed by atoms with van der Waals surface area (Å²) in [5.41, 5.74) is 0. The molecule has 3 aliphatic carbocycles. The molecule has 4 unspecified atom stereocenters. The molecule has 0 aliphatic heterocycles. The van der Waals surface area contributed by atoms with Crippen LogP contribution in [0.5, 0.6) is 0 Å². The first kappa shape index (κ1) is 14.0. The van der Waals surface area contributed by atoms with Gasteiger partial charge in [0.15, 0.2) is 0 Å². The predicted molar refractivity (Wildman–Crippen MR) is 75.2 cm³/mol. The summed E-state index contributed by atoms with van der Waals surface area (Å²) < 4.78 is 0. The molecule has 0 N–H and O–H groups in total. The fourth-order valence-electron chi connectivity index (χ4n) is 4.45. The fraction of sp³-hybridized carbons (Fsp3) is 0.824. The molecule has 0 radical (unpaired) electrons. The first-order valence-corrected chi connectivity index (χ1v) is 8.24. The van der Waals surface area contributed by atoms with E-state index in [1.54, 1.807) is 0 Å². The highest BCUT2D eigenvalue weighted by molar-refractivity contribution is 5.89. The smallest absolute Gasteiger partial charge is 0.139 e. The lowest BCUT2D eigenvalue weighted by atomic mass is 9.87. The maximum Gasteiger partial charge on any atom is 0.139 e. The highest BCUT2D eigenvalue weighted by Crippen LogP contribution is 2.40. The lowest BCUT2D eigenvalue weighted by molar-refractivity contribution is -0.126. The van der Waals surface area contributed by atoms with E-state index >= 15 is 0 Å². The van der Waals surface area contributed by atoms with Gasteiger partial charge in [-0.2, -0.15) is 0 Å². The summed E-state index contributed by atoms with van der Waals surface area (Å²) in [6, 6.07) is 0. The van der Waals surface area contributed by atoms with Crippen LogP contribution in [0.25, 0.3) is 0 Å². The average molecular weight is 276 g/mol. The zero-order chi connectivity index (χ0) is 14.1. The summed E-state index contributed by atoms with van der Waals surface area (Å²) in [7, 11) is 0. The number of rotatable bonds is 4. The van der Waals surface area contributed by atoms with Crippen molar-refractivity contribution < 1.29 is 14.4 Å². The zero-order valence-corrected chi connectivity index (χ0v) is 12.1. The first-order chi connectivity index (χ1) is 9.65. The van der Waals surface area contributed by atoms with Gasteiger partial charge in [0.25, 0.3) is 0 Å². The number of ketones is 3. The standard InChI is InChI=1S/C17H24O3/c18-15-5-1-3-11(15)9-13-7-8-14(17(13)20)10-12-4-2-6-16(12)19/h11-14H,1-10H2. The van der Waals surface area contributed by atoms with E-state index in [4.69, 9.17) is 0 Å². The van der Waals surface area contributed by atoms with E-state index in [0.717, 1.165) is 51.4 Å². The molecule has 3 nitrogen and oxygen atoms in total. The Morgan fingerprint density at radius 3 is 1.45 bits per heavy atom. The van der Waals surface area contributed by atoms with Gasteiger partial charge in [0.05, 0.1) is 0 Å². The van der Waals surface area contributed by atoms with Gasteiger partial charge in [0.2, 0.25) is 0 Å². The molecule has 0 spiro atoms. The molecule has 3 fully saturated rings. The third-order valence-electron chi connectivity index (χ3n) is 5.67. The largest absolute Gasteiger partial charge is 0.299 e. The van der Waals surface area contributed by atoms with Gasteiger partial charge < -0.3 is 0 Å². The molecule has 0 aromatic rings. The monoisotopic (exact) mass is 276 g/mol. The van der Waals surface area contributed by atoms with Crippen LogP contribution in [0.4, 0.5) is 0 Å². The number of hydrogen-bond donors (Lipinski definition) is 0. The van der Waals surface area contributed by atoms with Crippen LogP contribution in [-0.2, 0) is 14.4 Å². The van der Waals surface area contributed by atoms with Gasteiger partial charge in [-0.05, 0) is 51.4 Å². The van der Waals surface area contributed by atoms with Crippen molar-refractivity contribution in [2.45, 2.75) is 64.2 Å². The summed E-state index contributed by atoms with van der Waals surface area (Å²) in [4.78, 5) is 35.9. The second-order valence-corrected chi connectivity index (χ2v) is 6.96. The van der Waals surface area contributed by atoms with Crippen molar-refractivity contribution in [1.82, 2.24) is 0 Å². The molecular weight excluding hydrogens is 252 g/mol. The van der Waals surface area contributed by atoms with E-state index < -0.39 is 0 Å². The number of carbonyl (C=O) groups excluding carboxylic acids is 3. The van der Waals surface area contributed by atoms with Crippen LogP contribution in [0.1, 0.15) is 64.2 Å². The number of carbonyl (C=O) groups is 3. The highest BCUT2D eigenvalue weighted by atomic mass is 16.1. The van der Waals surface area contributed by atoms with E-state index in [0.29, 0.717) is 30.2 Å². The molecule has 110 valence electrons.